The molecule has 1 fully saturated rings. The number of ether oxygens (including phenoxy) is 2. The van der Waals surface area contributed by atoms with Crippen LogP contribution in [0.25, 0.3) is 5.57 Å². The summed E-state index contributed by atoms with van der Waals surface area (Å²) >= 11 is 0. The van der Waals surface area contributed by atoms with E-state index in [1.54, 1.807) is 37.3 Å². The largest absolute Gasteiger partial charge is 0.468 e. The van der Waals surface area contributed by atoms with Crippen molar-refractivity contribution >= 4 is 29.1 Å². The Morgan fingerprint density at radius 3 is 2.38 bits per heavy atom. The lowest BCUT2D eigenvalue weighted by Crippen LogP contribution is -2.57. The van der Waals surface area contributed by atoms with Gasteiger partial charge >= 0.3 is 11.9 Å². The molecule has 9 heteroatoms. The van der Waals surface area contributed by atoms with E-state index in [9.17, 15) is 24.5 Å². The van der Waals surface area contributed by atoms with Crippen LogP contribution in [0.5, 0.6) is 0 Å². The van der Waals surface area contributed by atoms with E-state index < -0.39 is 28.3 Å². The molecule has 2 aliphatic rings. The molecule has 2 atom stereocenters. The third-order valence-corrected chi connectivity index (χ3v) is 5.99. The second-order valence-electron chi connectivity index (χ2n) is 7.77. The summed E-state index contributed by atoms with van der Waals surface area (Å²) in [5.74, 6) is -1.58. The zero-order valence-corrected chi connectivity index (χ0v) is 17.4. The van der Waals surface area contributed by atoms with Gasteiger partial charge in [0.2, 0.25) is 5.91 Å². The number of rotatable bonds is 6. The van der Waals surface area contributed by atoms with Crippen LogP contribution in [0.2, 0.25) is 0 Å². The molecule has 1 amide bonds. The number of β-lactam (4-membered cyclic amide) rings is 1. The van der Waals surface area contributed by atoms with E-state index in [1.807, 2.05) is 0 Å². The number of hydrogen-bond acceptors (Lipinski definition) is 7. The number of amides is 1. The standard InChI is InChI=1S/C23H20N2O7/c1-23(22(28)31-2)17-12-18(26)24(17)20(19(23)15-6-4-3-5-7-15)21(27)32-13-14-8-10-16(11-9-14)25(29)30/h3-11,17H,12-13H2,1-2H3/t17-,23?/m0/s1. The quantitative estimate of drug-likeness (QED) is 0.296. The number of benzene rings is 2. The molecule has 9 nitrogen and oxygen atoms in total. The van der Waals surface area contributed by atoms with Gasteiger partial charge in [0.1, 0.15) is 17.7 Å². The molecule has 2 aliphatic heterocycles. The highest BCUT2D eigenvalue weighted by Gasteiger charge is 2.64. The second kappa shape index (κ2) is 7.92. The topological polar surface area (TPSA) is 116 Å². The van der Waals surface area contributed by atoms with Gasteiger partial charge in [-0.25, -0.2) is 4.79 Å². The van der Waals surface area contributed by atoms with Gasteiger partial charge in [0.25, 0.3) is 5.69 Å². The smallest absolute Gasteiger partial charge is 0.355 e. The summed E-state index contributed by atoms with van der Waals surface area (Å²) in [5.41, 5.74) is 0.261. The van der Waals surface area contributed by atoms with Crippen LogP contribution in [0.15, 0.2) is 60.3 Å². The maximum atomic E-state index is 13.2. The minimum absolute atomic E-state index is 0.0206. The molecule has 2 aromatic carbocycles. The predicted octanol–water partition coefficient (Wildman–Crippen LogP) is 2.84. The van der Waals surface area contributed by atoms with Gasteiger partial charge in [-0.1, -0.05) is 30.3 Å². The second-order valence-corrected chi connectivity index (χ2v) is 7.77. The van der Waals surface area contributed by atoms with Gasteiger partial charge in [0, 0.05) is 24.1 Å². The summed E-state index contributed by atoms with van der Waals surface area (Å²) < 4.78 is 10.5. The summed E-state index contributed by atoms with van der Waals surface area (Å²) in [6.45, 7) is 1.52. The molecule has 4 rings (SSSR count). The zero-order valence-electron chi connectivity index (χ0n) is 17.4. The number of esters is 2. The van der Waals surface area contributed by atoms with Crippen molar-refractivity contribution < 1.29 is 28.8 Å². The molecule has 0 spiro atoms. The van der Waals surface area contributed by atoms with Crippen LogP contribution in [0.3, 0.4) is 0 Å². The Bertz CT molecular complexity index is 1140. The number of non-ortho nitro benzene ring substituents is 1. The third kappa shape index (κ3) is 3.22. The minimum Gasteiger partial charge on any atom is -0.468 e. The molecular weight excluding hydrogens is 416 g/mol. The van der Waals surface area contributed by atoms with Crippen molar-refractivity contribution in [3.8, 4) is 0 Å². The molecule has 164 valence electrons. The molecule has 0 aromatic heterocycles. The highest BCUT2D eigenvalue weighted by molar-refractivity contribution is 6.12. The molecule has 0 N–H and O–H groups in total. The fourth-order valence-corrected chi connectivity index (χ4v) is 4.32. The molecular formula is C23H20N2O7. The van der Waals surface area contributed by atoms with Gasteiger partial charge in [0.05, 0.1) is 18.1 Å². The molecule has 0 radical (unpaired) electrons. The number of fused-ring (bicyclic) bond motifs is 1. The zero-order chi connectivity index (χ0) is 23.0. The molecule has 0 aliphatic carbocycles. The summed E-state index contributed by atoms with van der Waals surface area (Å²) in [5, 5.41) is 10.8. The monoisotopic (exact) mass is 436 g/mol. The fraction of sp³-hybridized carbons (Fsp3) is 0.261. The average Bonchev–Trinajstić information content (AvgIpc) is 3.02. The van der Waals surface area contributed by atoms with Crippen molar-refractivity contribution in [1.82, 2.24) is 4.90 Å². The first-order valence-corrected chi connectivity index (χ1v) is 9.90. The van der Waals surface area contributed by atoms with Gasteiger partial charge in [-0.05, 0) is 30.2 Å². The first-order chi connectivity index (χ1) is 15.3. The van der Waals surface area contributed by atoms with E-state index in [1.165, 1.54) is 36.3 Å². The number of hydrogen-bond donors (Lipinski definition) is 0. The maximum absolute atomic E-state index is 13.2. The Hall–Kier alpha value is -4.01. The number of carbonyl (C=O) groups is 3. The third-order valence-electron chi connectivity index (χ3n) is 5.99. The first kappa shape index (κ1) is 21.2. The van der Waals surface area contributed by atoms with E-state index in [4.69, 9.17) is 9.47 Å². The Labute approximate surface area is 183 Å². The van der Waals surface area contributed by atoms with Crippen LogP contribution in [0, 0.1) is 15.5 Å². The summed E-state index contributed by atoms with van der Waals surface area (Å²) in [7, 11) is 1.27. The predicted molar refractivity (Wildman–Crippen MR) is 112 cm³/mol. The molecule has 0 bridgehead atoms. The summed E-state index contributed by atoms with van der Waals surface area (Å²) in [6, 6.07) is 13.9. The highest BCUT2D eigenvalue weighted by atomic mass is 16.6. The van der Waals surface area contributed by atoms with E-state index in [2.05, 4.69) is 0 Å². The lowest BCUT2D eigenvalue weighted by atomic mass is 9.72. The molecule has 1 saturated heterocycles. The van der Waals surface area contributed by atoms with E-state index in [-0.39, 0.29) is 30.3 Å². The van der Waals surface area contributed by atoms with Crippen molar-refractivity contribution in [3.05, 3.63) is 81.5 Å². The van der Waals surface area contributed by atoms with Crippen LogP contribution in [-0.2, 0) is 30.5 Å². The number of nitro benzene ring substituents is 1. The molecule has 1 unspecified atom stereocenters. The first-order valence-electron chi connectivity index (χ1n) is 9.90. The van der Waals surface area contributed by atoms with Gasteiger partial charge in [0.15, 0.2) is 0 Å². The number of carbonyl (C=O) groups excluding carboxylic acids is 3. The van der Waals surface area contributed by atoms with Crippen LogP contribution in [0.4, 0.5) is 5.69 Å². The lowest BCUT2D eigenvalue weighted by Gasteiger charge is -2.42. The molecule has 2 heterocycles. The SMILES string of the molecule is COC(=O)C1(C)C(c2ccccc2)=C(C(=O)OCc2ccc([N+](=O)[O-])cc2)N2C(=O)C[C@H]21. The van der Waals surface area contributed by atoms with Crippen molar-refractivity contribution in [1.29, 1.82) is 0 Å². The van der Waals surface area contributed by atoms with E-state index >= 15 is 0 Å². The Morgan fingerprint density at radius 1 is 1.16 bits per heavy atom. The molecule has 2 aromatic rings. The van der Waals surface area contributed by atoms with Crippen molar-refractivity contribution in [2.24, 2.45) is 5.41 Å². The van der Waals surface area contributed by atoms with Gasteiger partial charge in [-0.2, -0.15) is 0 Å². The lowest BCUT2D eigenvalue weighted by molar-refractivity contribution is -0.384. The Kier molecular flexibility index (Phi) is 5.25. The normalized spacial score (nSPS) is 21.6. The van der Waals surface area contributed by atoms with Crippen LogP contribution >= 0.6 is 0 Å². The molecule has 0 saturated carbocycles. The minimum atomic E-state index is -1.23. The maximum Gasteiger partial charge on any atom is 0.355 e. The number of nitrogens with zero attached hydrogens (tertiary/aromatic N) is 2. The average molecular weight is 436 g/mol. The summed E-state index contributed by atoms with van der Waals surface area (Å²) in [4.78, 5) is 50.1. The van der Waals surface area contributed by atoms with Crippen LogP contribution in [-0.4, -0.2) is 40.8 Å². The van der Waals surface area contributed by atoms with E-state index in [0.29, 0.717) is 16.7 Å². The van der Waals surface area contributed by atoms with Crippen molar-refractivity contribution in [2.75, 3.05) is 7.11 Å². The van der Waals surface area contributed by atoms with Gasteiger partial charge < -0.3 is 14.4 Å². The Balaban J connectivity index is 1.71. The fourth-order valence-electron chi connectivity index (χ4n) is 4.32. The van der Waals surface area contributed by atoms with Gasteiger partial charge in [-0.3, -0.25) is 19.7 Å². The van der Waals surface area contributed by atoms with Gasteiger partial charge in [-0.15, -0.1) is 0 Å². The highest BCUT2D eigenvalue weighted by Crippen LogP contribution is 2.55. The number of nitro groups is 1. The van der Waals surface area contributed by atoms with Crippen LogP contribution < -0.4 is 0 Å². The van der Waals surface area contributed by atoms with Crippen molar-refractivity contribution in [2.45, 2.75) is 26.0 Å². The van der Waals surface area contributed by atoms with E-state index in [0.717, 1.165) is 0 Å². The Morgan fingerprint density at radius 2 is 1.81 bits per heavy atom. The van der Waals surface area contributed by atoms with Crippen LogP contribution in [0.1, 0.15) is 24.5 Å². The summed E-state index contributed by atoms with van der Waals surface area (Å²) in [6.07, 6.45) is 0.112. The molecule has 32 heavy (non-hydrogen) atoms. The number of methoxy groups -OCH3 is 1. The van der Waals surface area contributed by atoms with Crippen molar-refractivity contribution in [3.63, 3.8) is 0 Å².